The van der Waals surface area contributed by atoms with Crippen LogP contribution in [0.4, 0.5) is 4.79 Å². The van der Waals surface area contributed by atoms with E-state index in [1.807, 2.05) is 0 Å². The Morgan fingerprint density at radius 3 is 2.73 bits per heavy atom. The molecule has 0 spiro atoms. The summed E-state index contributed by atoms with van der Waals surface area (Å²) in [5.74, 6) is 0.0989. The molecule has 0 aromatic carbocycles. The highest BCUT2D eigenvalue weighted by molar-refractivity contribution is 5.64. The fourth-order valence-corrected chi connectivity index (χ4v) is 0.835. The quantitative estimate of drug-likeness (QED) is 0.509. The lowest BCUT2D eigenvalue weighted by Crippen LogP contribution is -2.44. The fraction of sp³-hybridized carbons (Fsp3) is 0.833. The van der Waals surface area contributed by atoms with Crippen LogP contribution < -0.4 is 5.32 Å². The number of hydrogen-bond acceptors (Lipinski definition) is 3. The maximum atomic E-state index is 9.98. The van der Waals surface area contributed by atoms with Gasteiger partial charge >= 0.3 is 6.09 Å². The molecule has 1 atom stereocenters. The van der Waals surface area contributed by atoms with Crippen molar-refractivity contribution in [3.63, 3.8) is 0 Å². The number of carboxylic acid groups (broad SMARTS) is 1. The van der Waals surface area contributed by atoms with Gasteiger partial charge in [-0.25, -0.2) is 4.79 Å². The normalized spacial score (nSPS) is 20.5. The minimum absolute atomic E-state index is 0.0867. The zero-order chi connectivity index (χ0) is 8.27. The monoisotopic (exact) mass is 161 g/mol. The Kier molecular flexibility index (Phi) is 2.67. The number of rotatable bonds is 3. The summed E-state index contributed by atoms with van der Waals surface area (Å²) in [6, 6.07) is 0. The molecule has 1 heterocycles. The van der Waals surface area contributed by atoms with E-state index >= 15 is 0 Å². The highest BCUT2D eigenvalue weighted by Gasteiger charge is 2.26. The number of aliphatic hydroxyl groups is 1. The van der Waals surface area contributed by atoms with Gasteiger partial charge < -0.3 is 20.3 Å². The van der Waals surface area contributed by atoms with Crippen LogP contribution in [0.15, 0.2) is 0 Å². The topological polar surface area (TPSA) is 78.8 Å². The van der Waals surface area contributed by atoms with E-state index in [0.717, 1.165) is 0 Å². The van der Waals surface area contributed by atoms with Crippen molar-refractivity contribution in [2.24, 2.45) is 5.92 Å². The first-order valence-electron chi connectivity index (χ1n) is 3.42. The van der Waals surface area contributed by atoms with Gasteiger partial charge in [-0.1, -0.05) is 0 Å². The molecule has 0 saturated carbocycles. The second-order valence-electron chi connectivity index (χ2n) is 2.55. The van der Waals surface area contributed by atoms with Crippen LogP contribution in [0.5, 0.6) is 0 Å². The number of nitrogens with one attached hydrogen (secondary N) is 1. The van der Waals surface area contributed by atoms with E-state index in [9.17, 15) is 9.90 Å². The number of ether oxygens (including phenoxy) is 1. The molecule has 0 aromatic heterocycles. The Hall–Kier alpha value is -0.810. The van der Waals surface area contributed by atoms with Gasteiger partial charge in [-0.2, -0.15) is 0 Å². The second-order valence-corrected chi connectivity index (χ2v) is 2.55. The molecule has 1 fully saturated rings. The molecule has 3 N–H and O–H groups in total. The summed E-state index contributed by atoms with van der Waals surface area (Å²) >= 11 is 0. The van der Waals surface area contributed by atoms with Crippen LogP contribution in [0.1, 0.15) is 0 Å². The van der Waals surface area contributed by atoms with Crippen molar-refractivity contribution in [2.75, 3.05) is 19.8 Å². The number of aliphatic hydroxyl groups excluding tert-OH is 1. The van der Waals surface area contributed by atoms with E-state index in [1.54, 1.807) is 0 Å². The predicted octanol–water partition coefficient (Wildman–Crippen LogP) is -0.739. The highest BCUT2D eigenvalue weighted by atomic mass is 16.5. The molecule has 1 aliphatic heterocycles. The summed E-state index contributed by atoms with van der Waals surface area (Å²) in [4.78, 5) is 9.98. The van der Waals surface area contributed by atoms with E-state index in [2.05, 4.69) is 5.32 Å². The molecule has 1 rings (SSSR count). The second kappa shape index (κ2) is 3.54. The molecule has 0 unspecified atom stereocenters. The largest absolute Gasteiger partial charge is 0.465 e. The van der Waals surface area contributed by atoms with E-state index in [1.165, 1.54) is 0 Å². The maximum Gasteiger partial charge on any atom is 0.404 e. The average Bonchev–Trinajstić information content (AvgIpc) is 1.79. The molecule has 0 aliphatic carbocycles. The van der Waals surface area contributed by atoms with Crippen molar-refractivity contribution in [2.45, 2.75) is 6.10 Å². The van der Waals surface area contributed by atoms with Crippen molar-refractivity contribution in [1.29, 1.82) is 0 Å². The van der Waals surface area contributed by atoms with Crippen LogP contribution in [0, 0.1) is 5.92 Å². The molecule has 5 heteroatoms. The highest BCUT2D eigenvalue weighted by Crippen LogP contribution is 2.13. The van der Waals surface area contributed by atoms with Crippen LogP contribution in [-0.2, 0) is 4.74 Å². The summed E-state index contributed by atoms with van der Waals surface area (Å²) in [5.41, 5.74) is 0. The first-order valence-corrected chi connectivity index (χ1v) is 3.42. The third-order valence-corrected chi connectivity index (χ3v) is 1.67. The van der Waals surface area contributed by atoms with Gasteiger partial charge in [-0.15, -0.1) is 0 Å². The fourth-order valence-electron chi connectivity index (χ4n) is 0.835. The van der Waals surface area contributed by atoms with E-state index < -0.39 is 12.2 Å². The van der Waals surface area contributed by atoms with Crippen molar-refractivity contribution in [1.82, 2.24) is 5.32 Å². The van der Waals surface area contributed by atoms with Crippen molar-refractivity contribution < 1.29 is 19.7 Å². The summed E-state index contributed by atoms with van der Waals surface area (Å²) < 4.78 is 4.83. The third-order valence-electron chi connectivity index (χ3n) is 1.67. The Morgan fingerprint density at radius 2 is 2.36 bits per heavy atom. The van der Waals surface area contributed by atoms with E-state index in [-0.39, 0.29) is 12.5 Å². The molecule has 11 heavy (non-hydrogen) atoms. The van der Waals surface area contributed by atoms with Crippen LogP contribution in [0.25, 0.3) is 0 Å². The number of amides is 1. The Bertz CT molecular complexity index is 146. The molecule has 0 aromatic rings. The number of hydrogen-bond donors (Lipinski definition) is 3. The molecule has 1 saturated heterocycles. The minimum Gasteiger partial charge on any atom is -0.465 e. The Balaban J connectivity index is 2.09. The lowest BCUT2D eigenvalue weighted by Gasteiger charge is -2.30. The third kappa shape index (κ3) is 2.36. The van der Waals surface area contributed by atoms with Crippen LogP contribution in [-0.4, -0.2) is 42.2 Å². The van der Waals surface area contributed by atoms with Crippen LogP contribution >= 0.6 is 0 Å². The van der Waals surface area contributed by atoms with Crippen molar-refractivity contribution >= 4 is 6.09 Å². The average molecular weight is 161 g/mol. The number of carbonyl (C=O) groups is 1. The summed E-state index contributed by atoms with van der Waals surface area (Å²) in [5, 5.41) is 19.5. The molecular weight excluding hydrogens is 150 g/mol. The first-order chi connectivity index (χ1) is 5.20. The van der Waals surface area contributed by atoms with Gasteiger partial charge in [0.05, 0.1) is 19.3 Å². The van der Waals surface area contributed by atoms with Gasteiger partial charge in [0.2, 0.25) is 0 Å². The molecule has 0 bridgehead atoms. The molecular formula is C6H11NO4. The summed E-state index contributed by atoms with van der Waals surface area (Å²) in [6.07, 6.45) is -1.72. The lowest BCUT2D eigenvalue weighted by atomic mass is 10.0. The van der Waals surface area contributed by atoms with Gasteiger partial charge in [0.25, 0.3) is 0 Å². The van der Waals surface area contributed by atoms with E-state index in [0.29, 0.717) is 13.2 Å². The standard InChI is InChI=1S/C6H11NO4/c8-5(1-7-6(9)10)4-2-11-3-4/h4-5,7-8H,1-3H2,(H,9,10)/t5-/m0/s1. The summed E-state index contributed by atoms with van der Waals surface area (Å²) in [7, 11) is 0. The first kappa shape index (κ1) is 8.29. The van der Waals surface area contributed by atoms with Crippen LogP contribution in [0.2, 0.25) is 0 Å². The van der Waals surface area contributed by atoms with Crippen molar-refractivity contribution in [3.8, 4) is 0 Å². The smallest absolute Gasteiger partial charge is 0.404 e. The summed E-state index contributed by atoms with van der Waals surface area (Å²) in [6.45, 7) is 1.15. The van der Waals surface area contributed by atoms with Gasteiger partial charge in [-0.3, -0.25) is 0 Å². The zero-order valence-corrected chi connectivity index (χ0v) is 5.99. The van der Waals surface area contributed by atoms with Gasteiger partial charge in [0.1, 0.15) is 0 Å². The molecule has 1 amide bonds. The molecule has 5 nitrogen and oxygen atoms in total. The minimum atomic E-state index is -1.11. The zero-order valence-electron chi connectivity index (χ0n) is 5.99. The Labute approximate surface area is 64.0 Å². The molecule has 1 aliphatic rings. The maximum absolute atomic E-state index is 9.98. The predicted molar refractivity (Wildman–Crippen MR) is 36.3 cm³/mol. The van der Waals surface area contributed by atoms with Gasteiger partial charge in [0, 0.05) is 12.5 Å². The molecule has 0 radical (unpaired) electrons. The van der Waals surface area contributed by atoms with Gasteiger partial charge in [0.15, 0.2) is 0 Å². The van der Waals surface area contributed by atoms with Crippen molar-refractivity contribution in [3.05, 3.63) is 0 Å². The van der Waals surface area contributed by atoms with Gasteiger partial charge in [-0.05, 0) is 0 Å². The Morgan fingerprint density at radius 1 is 1.73 bits per heavy atom. The van der Waals surface area contributed by atoms with Crippen LogP contribution in [0.3, 0.4) is 0 Å². The van der Waals surface area contributed by atoms with E-state index in [4.69, 9.17) is 9.84 Å². The molecule has 64 valence electrons. The SMILES string of the molecule is O=C(O)NC[C@H](O)C1COC1. The lowest BCUT2D eigenvalue weighted by molar-refractivity contribution is -0.0891.